The monoisotopic (exact) mass is 467 g/mol. The van der Waals surface area contributed by atoms with Gasteiger partial charge in [0.05, 0.1) is 24.4 Å². The first-order valence-corrected chi connectivity index (χ1v) is 13.5. The fraction of sp³-hybridized carbons (Fsp3) is 0.893. The molecule has 0 aromatic rings. The third kappa shape index (κ3) is 11.4. The third-order valence-corrected chi connectivity index (χ3v) is 7.93. The van der Waals surface area contributed by atoms with E-state index in [1.54, 1.807) is 0 Å². The molecule has 5 nitrogen and oxygen atoms in total. The topological polar surface area (TPSA) is 92.8 Å². The smallest absolute Gasteiger partial charge is 0.220 e. The van der Waals surface area contributed by atoms with Gasteiger partial charge in [0.1, 0.15) is 0 Å². The molecule has 0 fully saturated rings. The lowest BCUT2D eigenvalue weighted by molar-refractivity contribution is -0.121. The molecule has 0 bridgehead atoms. The highest BCUT2D eigenvalue weighted by Gasteiger charge is 2.33. The van der Waals surface area contributed by atoms with Crippen molar-refractivity contribution >= 4 is 5.91 Å². The van der Waals surface area contributed by atoms with Crippen LogP contribution in [0.5, 0.6) is 0 Å². The molecule has 194 valence electrons. The van der Waals surface area contributed by atoms with Crippen molar-refractivity contribution in [2.45, 2.75) is 124 Å². The zero-order chi connectivity index (χ0) is 25.0. The zero-order valence-corrected chi connectivity index (χ0v) is 22.3. The van der Waals surface area contributed by atoms with Crippen molar-refractivity contribution in [1.29, 1.82) is 0 Å². The summed E-state index contributed by atoms with van der Waals surface area (Å²) < 4.78 is 6.44. The van der Waals surface area contributed by atoms with Crippen molar-refractivity contribution in [2.24, 2.45) is 35.3 Å². The van der Waals surface area contributed by atoms with E-state index < -0.39 is 5.60 Å². The van der Waals surface area contributed by atoms with Crippen LogP contribution in [0.15, 0.2) is 12.2 Å². The lowest BCUT2D eigenvalue weighted by atomic mass is 9.77. The summed E-state index contributed by atoms with van der Waals surface area (Å²) in [5.41, 5.74) is 4.64. The minimum atomic E-state index is -0.676. The van der Waals surface area contributed by atoms with Crippen molar-refractivity contribution in [3.05, 3.63) is 12.2 Å². The van der Waals surface area contributed by atoms with Crippen molar-refractivity contribution in [3.8, 4) is 0 Å². The van der Waals surface area contributed by atoms with Gasteiger partial charge in [-0.05, 0) is 63.2 Å². The highest BCUT2D eigenvalue weighted by atomic mass is 16.5. The number of hydrogen-bond acceptors (Lipinski definition) is 4. The largest absolute Gasteiger partial charge is 0.394 e. The molecule has 0 aliphatic heterocycles. The van der Waals surface area contributed by atoms with E-state index in [9.17, 15) is 15.0 Å². The van der Waals surface area contributed by atoms with Crippen molar-refractivity contribution in [1.82, 2.24) is 0 Å². The third-order valence-electron chi connectivity index (χ3n) is 7.93. The molecule has 4 N–H and O–H groups in total. The van der Waals surface area contributed by atoms with Gasteiger partial charge >= 0.3 is 0 Å². The van der Waals surface area contributed by atoms with Gasteiger partial charge in [-0.15, -0.1) is 0 Å². The van der Waals surface area contributed by atoms with Crippen molar-refractivity contribution in [2.75, 3.05) is 6.61 Å². The van der Waals surface area contributed by atoms with Crippen LogP contribution in [0.25, 0.3) is 0 Å². The molecule has 0 radical (unpaired) electrons. The molecule has 0 aromatic heterocycles. The van der Waals surface area contributed by atoms with Crippen LogP contribution in [0.4, 0.5) is 0 Å². The van der Waals surface area contributed by atoms with Gasteiger partial charge in [0, 0.05) is 11.8 Å². The van der Waals surface area contributed by atoms with Crippen molar-refractivity contribution in [3.63, 3.8) is 0 Å². The fourth-order valence-electron chi connectivity index (χ4n) is 5.04. The molecule has 1 rings (SSSR count). The minimum Gasteiger partial charge on any atom is -0.394 e. The molecule has 0 heterocycles. The minimum absolute atomic E-state index is 0.0825. The van der Waals surface area contributed by atoms with Gasteiger partial charge in [0.15, 0.2) is 0 Å². The van der Waals surface area contributed by atoms with Crippen LogP contribution in [0, 0.1) is 29.6 Å². The van der Waals surface area contributed by atoms with Gasteiger partial charge in [-0.2, -0.15) is 0 Å². The summed E-state index contributed by atoms with van der Waals surface area (Å²) in [6, 6.07) is 0. The van der Waals surface area contributed by atoms with Crippen LogP contribution in [0.3, 0.4) is 0 Å². The summed E-state index contributed by atoms with van der Waals surface area (Å²) in [7, 11) is 0. The van der Waals surface area contributed by atoms with Crippen LogP contribution < -0.4 is 5.73 Å². The van der Waals surface area contributed by atoms with E-state index in [-0.39, 0.29) is 30.6 Å². The standard InChI is InChI=1S/C28H53NO4/c1-7-24-16-15-21(3)23(5)26(24)33-25(19-30)14-8-11-20(2)12-9-17-28(6,32)18-10-13-22(4)27(29)31/h15-16,20-26,30,32H,7-14,17-19H2,1-6H3,(H2,29,31). The Kier molecular flexibility index (Phi) is 13.8. The molecule has 1 aliphatic rings. The van der Waals surface area contributed by atoms with E-state index in [1.165, 1.54) is 0 Å². The number of carbonyl (C=O) groups excluding carboxylic acids is 1. The van der Waals surface area contributed by atoms with Gasteiger partial charge in [-0.3, -0.25) is 4.79 Å². The molecule has 1 aliphatic carbocycles. The van der Waals surface area contributed by atoms with Gasteiger partial charge in [-0.25, -0.2) is 0 Å². The second-order valence-electron chi connectivity index (χ2n) is 11.2. The molecule has 0 spiro atoms. The van der Waals surface area contributed by atoms with Crippen LogP contribution in [0.1, 0.15) is 106 Å². The Morgan fingerprint density at radius 1 is 1.06 bits per heavy atom. The maximum Gasteiger partial charge on any atom is 0.220 e. The number of primary amides is 1. The number of aliphatic hydroxyl groups excluding tert-OH is 1. The number of nitrogens with two attached hydrogens (primary N) is 1. The second kappa shape index (κ2) is 15.2. The molecular formula is C28H53NO4. The van der Waals surface area contributed by atoms with E-state index in [2.05, 4.69) is 39.8 Å². The van der Waals surface area contributed by atoms with Crippen LogP contribution >= 0.6 is 0 Å². The van der Waals surface area contributed by atoms with Crippen LogP contribution in [0.2, 0.25) is 0 Å². The Labute approximate surface area is 203 Å². The highest BCUT2D eigenvalue weighted by Crippen LogP contribution is 2.34. The predicted molar refractivity (Wildman–Crippen MR) is 137 cm³/mol. The number of carbonyl (C=O) groups is 1. The van der Waals surface area contributed by atoms with E-state index in [0.717, 1.165) is 57.8 Å². The van der Waals surface area contributed by atoms with Gasteiger partial charge in [0.25, 0.3) is 0 Å². The molecule has 0 saturated carbocycles. The number of hydrogen-bond donors (Lipinski definition) is 3. The van der Waals surface area contributed by atoms with E-state index in [4.69, 9.17) is 10.5 Å². The number of amides is 1. The van der Waals surface area contributed by atoms with E-state index >= 15 is 0 Å². The number of allylic oxidation sites excluding steroid dienone is 1. The number of rotatable bonds is 17. The average molecular weight is 468 g/mol. The Morgan fingerprint density at radius 3 is 2.24 bits per heavy atom. The maximum absolute atomic E-state index is 11.1. The summed E-state index contributed by atoms with van der Waals surface area (Å²) >= 11 is 0. The highest BCUT2D eigenvalue weighted by molar-refractivity contribution is 5.76. The van der Waals surface area contributed by atoms with Gasteiger partial charge < -0.3 is 20.7 Å². The number of aliphatic hydroxyl groups is 2. The molecule has 5 heteroatoms. The quantitative estimate of drug-likeness (QED) is 0.242. The maximum atomic E-state index is 11.1. The normalized spacial score (nSPS) is 27.6. The average Bonchev–Trinajstić information content (AvgIpc) is 2.75. The van der Waals surface area contributed by atoms with Crippen molar-refractivity contribution < 1.29 is 19.7 Å². The molecule has 33 heavy (non-hydrogen) atoms. The van der Waals surface area contributed by atoms with E-state index in [0.29, 0.717) is 30.1 Å². The Bertz CT molecular complexity index is 576. The first-order valence-electron chi connectivity index (χ1n) is 13.5. The molecule has 1 amide bonds. The molecule has 0 aromatic carbocycles. The Hall–Kier alpha value is -0.910. The Morgan fingerprint density at radius 2 is 1.67 bits per heavy atom. The summed E-state index contributed by atoms with van der Waals surface area (Å²) in [5, 5.41) is 20.5. The first kappa shape index (κ1) is 30.1. The van der Waals surface area contributed by atoms with Gasteiger partial charge in [-0.1, -0.05) is 72.5 Å². The number of ether oxygens (including phenoxy) is 1. The molecular weight excluding hydrogens is 414 g/mol. The van der Waals surface area contributed by atoms with Crippen LogP contribution in [-0.2, 0) is 9.53 Å². The van der Waals surface area contributed by atoms with E-state index in [1.807, 2.05) is 13.8 Å². The fourth-order valence-corrected chi connectivity index (χ4v) is 5.04. The lowest BCUT2D eigenvalue weighted by Gasteiger charge is -2.38. The Balaban J connectivity index is 2.29. The lowest BCUT2D eigenvalue weighted by Crippen LogP contribution is -2.39. The zero-order valence-electron chi connectivity index (χ0n) is 22.3. The van der Waals surface area contributed by atoms with Crippen LogP contribution in [-0.4, -0.2) is 40.5 Å². The first-order chi connectivity index (χ1) is 15.5. The summed E-state index contributed by atoms with van der Waals surface area (Å²) in [4.78, 5) is 11.1. The predicted octanol–water partition coefficient (Wildman–Crippen LogP) is 5.62. The summed E-state index contributed by atoms with van der Waals surface area (Å²) in [5.74, 6) is 1.63. The van der Waals surface area contributed by atoms with Gasteiger partial charge in [0.2, 0.25) is 5.91 Å². The summed E-state index contributed by atoms with van der Waals surface area (Å²) in [6.45, 7) is 12.8. The SMILES string of the molecule is CCC1C=CC(C)C(C)C1OC(CO)CCCC(C)CCCC(C)(O)CCCC(C)C(N)=O. The molecule has 8 atom stereocenters. The summed E-state index contributed by atoms with van der Waals surface area (Å²) in [6.07, 6.45) is 14.0. The molecule has 8 unspecified atom stereocenters. The molecule has 0 saturated heterocycles. The second-order valence-corrected chi connectivity index (χ2v) is 11.2.